The first kappa shape index (κ1) is 18.2. The smallest absolute Gasteiger partial charge is 0.251 e. The SMILES string of the molecule is CCN(CC)C(=O)C1(NC(=O)[C@@H]2CN(C)CCO2)CCCCC1. The van der Waals surface area contributed by atoms with Gasteiger partial charge in [0.15, 0.2) is 0 Å². The van der Waals surface area contributed by atoms with Gasteiger partial charge in [0.25, 0.3) is 5.91 Å². The number of amides is 2. The van der Waals surface area contributed by atoms with Crippen LogP contribution in [0.1, 0.15) is 46.0 Å². The van der Waals surface area contributed by atoms with E-state index in [-0.39, 0.29) is 11.8 Å². The van der Waals surface area contributed by atoms with E-state index in [1.807, 2.05) is 25.8 Å². The van der Waals surface area contributed by atoms with Crippen LogP contribution in [0, 0.1) is 0 Å². The molecule has 1 aliphatic carbocycles. The van der Waals surface area contributed by atoms with Crippen molar-refractivity contribution in [2.45, 2.75) is 57.6 Å². The maximum absolute atomic E-state index is 13.0. The zero-order valence-electron chi connectivity index (χ0n) is 14.8. The van der Waals surface area contributed by atoms with Crippen LogP contribution in [0.25, 0.3) is 0 Å². The largest absolute Gasteiger partial charge is 0.366 e. The second-order valence-electron chi connectivity index (χ2n) is 6.73. The molecule has 1 N–H and O–H groups in total. The predicted molar refractivity (Wildman–Crippen MR) is 89.1 cm³/mol. The number of likely N-dealkylation sites (N-methyl/N-ethyl adjacent to an activating group) is 2. The Bertz CT molecular complexity index is 417. The lowest BCUT2D eigenvalue weighted by atomic mass is 9.80. The minimum Gasteiger partial charge on any atom is -0.366 e. The molecule has 1 aliphatic heterocycles. The van der Waals surface area contributed by atoms with Gasteiger partial charge < -0.3 is 19.9 Å². The summed E-state index contributed by atoms with van der Waals surface area (Å²) in [4.78, 5) is 29.6. The third kappa shape index (κ3) is 4.23. The average molecular weight is 325 g/mol. The summed E-state index contributed by atoms with van der Waals surface area (Å²) in [7, 11) is 1.99. The van der Waals surface area contributed by atoms with Crippen molar-refractivity contribution < 1.29 is 14.3 Å². The molecule has 1 saturated heterocycles. The Labute approximate surface area is 139 Å². The van der Waals surface area contributed by atoms with E-state index in [0.717, 1.165) is 38.6 Å². The van der Waals surface area contributed by atoms with Crippen molar-refractivity contribution in [3.8, 4) is 0 Å². The molecule has 2 amide bonds. The summed E-state index contributed by atoms with van der Waals surface area (Å²) in [5, 5.41) is 3.09. The van der Waals surface area contributed by atoms with Gasteiger partial charge >= 0.3 is 0 Å². The van der Waals surface area contributed by atoms with Gasteiger partial charge in [-0.2, -0.15) is 0 Å². The van der Waals surface area contributed by atoms with Crippen LogP contribution in [0.5, 0.6) is 0 Å². The van der Waals surface area contributed by atoms with Crippen molar-refractivity contribution in [1.29, 1.82) is 0 Å². The summed E-state index contributed by atoms with van der Waals surface area (Å²) >= 11 is 0. The van der Waals surface area contributed by atoms with Crippen LogP contribution in [-0.4, -0.2) is 73.1 Å². The van der Waals surface area contributed by atoms with Gasteiger partial charge in [0.1, 0.15) is 11.6 Å². The van der Waals surface area contributed by atoms with E-state index in [9.17, 15) is 9.59 Å². The molecule has 1 atom stereocenters. The van der Waals surface area contributed by atoms with Gasteiger partial charge in [0, 0.05) is 26.2 Å². The van der Waals surface area contributed by atoms with Crippen LogP contribution >= 0.6 is 0 Å². The topological polar surface area (TPSA) is 61.9 Å². The van der Waals surface area contributed by atoms with Crippen LogP contribution in [0.15, 0.2) is 0 Å². The van der Waals surface area contributed by atoms with Crippen LogP contribution in [0.3, 0.4) is 0 Å². The second kappa shape index (κ2) is 8.11. The summed E-state index contributed by atoms with van der Waals surface area (Å²) in [6, 6.07) is 0. The van der Waals surface area contributed by atoms with Gasteiger partial charge in [-0.25, -0.2) is 0 Å². The van der Waals surface area contributed by atoms with Crippen molar-refractivity contribution in [2.75, 3.05) is 39.8 Å². The lowest BCUT2D eigenvalue weighted by Gasteiger charge is -2.41. The molecular weight excluding hydrogens is 294 g/mol. The lowest BCUT2D eigenvalue weighted by Crippen LogP contribution is -2.63. The molecule has 0 bridgehead atoms. The Morgan fingerprint density at radius 1 is 1.22 bits per heavy atom. The third-order valence-corrected chi connectivity index (χ3v) is 5.09. The summed E-state index contributed by atoms with van der Waals surface area (Å²) in [6.45, 7) is 7.31. The van der Waals surface area contributed by atoms with E-state index >= 15 is 0 Å². The Morgan fingerprint density at radius 3 is 2.43 bits per heavy atom. The number of nitrogens with zero attached hydrogens (tertiary/aromatic N) is 2. The molecule has 0 spiro atoms. The van der Waals surface area contributed by atoms with Crippen LogP contribution < -0.4 is 5.32 Å². The number of hydrogen-bond acceptors (Lipinski definition) is 4. The van der Waals surface area contributed by atoms with Gasteiger partial charge in [-0.1, -0.05) is 19.3 Å². The Hall–Kier alpha value is -1.14. The molecule has 2 fully saturated rings. The first-order valence-corrected chi connectivity index (χ1v) is 8.94. The molecule has 0 aromatic rings. The first-order valence-electron chi connectivity index (χ1n) is 8.94. The molecule has 2 aliphatic rings. The fraction of sp³-hybridized carbons (Fsp3) is 0.882. The minimum absolute atomic E-state index is 0.0692. The van der Waals surface area contributed by atoms with Crippen molar-refractivity contribution in [1.82, 2.24) is 15.1 Å². The number of ether oxygens (including phenoxy) is 1. The fourth-order valence-corrected chi connectivity index (χ4v) is 3.61. The standard InChI is InChI=1S/C17H31N3O3/c1-4-20(5-2)16(22)17(9-7-6-8-10-17)18-15(21)14-13-19(3)11-12-23-14/h14H,4-13H2,1-3H3,(H,18,21)/t14-/m0/s1. The molecule has 0 aromatic heterocycles. The lowest BCUT2D eigenvalue weighted by molar-refractivity contribution is -0.149. The number of nitrogens with one attached hydrogen (secondary N) is 1. The first-order chi connectivity index (χ1) is 11.0. The summed E-state index contributed by atoms with van der Waals surface area (Å²) in [6.07, 6.45) is 4.09. The normalized spacial score (nSPS) is 24.9. The van der Waals surface area contributed by atoms with E-state index in [0.29, 0.717) is 26.2 Å². The van der Waals surface area contributed by atoms with E-state index in [2.05, 4.69) is 10.2 Å². The van der Waals surface area contributed by atoms with Crippen molar-refractivity contribution in [3.63, 3.8) is 0 Å². The van der Waals surface area contributed by atoms with E-state index < -0.39 is 11.6 Å². The molecule has 6 nitrogen and oxygen atoms in total. The third-order valence-electron chi connectivity index (χ3n) is 5.09. The number of carbonyl (C=O) groups is 2. The number of carbonyl (C=O) groups excluding carboxylic acids is 2. The van der Waals surface area contributed by atoms with Crippen molar-refractivity contribution in [2.24, 2.45) is 0 Å². The monoisotopic (exact) mass is 325 g/mol. The molecule has 1 heterocycles. The van der Waals surface area contributed by atoms with Crippen LogP contribution in [-0.2, 0) is 14.3 Å². The number of morpholine rings is 1. The highest BCUT2D eigenvalue weighted by atomic mass is 16.5. The maximum Gasteiger partial charge on any atom is 0.251 e. The molecule has 0 unspecified atom stereocenters. The molecule has 132 valence electrons. The summed E-state index contributed by atoms with van der Waals surface area (Å²) in [5.74, 6) is -0.0707. The van der Waals surface area contributed by atoms with Crippen LogP contribution in [0.2, 0.25) is 0 Å². The van der Waals surface area contributed by atoms with E-state index in [1.165, 1.54) is 0 Å². The Morgan fingerprint density at radius 2 is 1.87 bits per heavy atom. The molecule has 2 rings (SSSR count). The summed E-state index contributed by atoms with van der Waals surface area (Å²) < 4.78 is 5.61. The highest BCUT2D eigenvalue weighted by Crippen LogP contribution is 2.30. The number of rotatable bonds is 5. The highest BCUT2D eigenvalue weighted by molar-refractivity contribution is 5.93. The molecule has 23 heavy (non-hydrogen) atoms. The zero-order valence-corrected chi connectivity index (χ0v) is 14.8. The second-order valence-corrected chi connectivity index (χ2v) is 6.73. The molecule has 6 heteroatoms. The number of hydrogen-bond donors (Lipinski definition) is 1. The van der Waals surface area contributed by atoms with Gasteiger partial charge in [0.2, 0.25) is 5.91 Å². The summed E-state index contributed by atoms with van der Waals surface area (Å²) in [5.41, 5.74) is -0.735. The average Bonchev–Trinajstić information content (AvgIpc) is 2.56. The van der Waals surface area contributed by atoms with E-state index in [1.54, 1.807) is 0 Å². The van der Waals surface area contributed by atoms with Crippen molar-refractivity contribution in [3.05, 3.63) is 0 Å². The molecule has 1 saturated carbocycles. The maximum atomic E-state index is 13.0. The van der Waals surface area contributed by atoms with Gasteiger partial charge in [0.05, 0.1) is 6.61 Å². The van der Waals surface area contributed by atoms with Crippen molar-refractivity contribution >= 4 is 11.8 Å². The van der Waals surface area contributed by atoms with Gasteiger partial charge in [-0.3, -0.25) is 9.59 Å². The molecule has 0 radical (unpaired) electrons. The van der Waals surface area contributed by atoms with Crippen LogP contribution in [0.4, 0.5) is 0 Å². The van der Waals surface area contributed by atoms with Gasteiger partial charge in [-0.15, -0.1) is 0 Å². The Balaban J connectivity index is 2.11. The fourth-order valence-electron chi connectivity index (χ4n) is 3.61. The predicted octanol–water partition coefficient (Wildman–Crippen LogP) is 1.00. The van der Waals surface area contributed by atoms with Gasteiger partial charge in [-0.05, 0) is 33.7 Å². The zero-order chi connectivity index (χ0) is 16.9. The quantitative estimate of drug-likeness (QED) is 0.819. The highest BCUT2D eigenvalue weighted by Gasteiger charge is 2.44. The minimum atomic E-state index is -0.735. The molecular formula is C17H31N3O3. The van der Waals surface area contributed by atoms with E-state index in [4.69, 9.17) is 4.74 Å². The molecule has 0 aromatic carbocycles. The Kier molecular flexibility index (Phi) is 6.41.